The van der Waals surface area contributed by atoms with Gasteiger partial charge < -0.3 is 0 Å². The number of para-hydroxylation sites is 1. The first-order chi connectivity index (χ1) is 15.4. The van der Waals surface area contributed by atoms with Crippen molar-refractivity contribution < 1.29 is 15.9 Å². The fourth-order valence-electron chi connectivity index (χ4n) is 2.79. The number of aromatic nitrogens is 2. The summed E-state index contributed by atoms with van der Waals surface area (Å²) in [6, 6.07) is 24.1. The Labute approximate surface area is 204 Å². The summed E-state index contributed by atoms with van der Waals surface area (Å²) < 4.78 is 0. The van der Waals surface area contributed by atoms with Gasteiger partial charge >= 0.3 is 49.6 Å². The molecule has 6 nitrogen and oxygen atoms in total. The van der Waals surface area contributed by atoms with Crippen molar-refractivity contribution in [2.75, 3.05) is 0 Å². The largest absolute Gasteiger partial charge is 0.200 e. The standard InChI is InChI=1S/3C7H6N2.4ClH.Ru/c3*1-2-4-7-6(3-1)5-8-9-7;;;;;/h2*1-4H,5H2;1-5H,(H,8,9);4*1H;/q;;;;;;;+3/p-3. The van der Waals surface area contributed by atoms with Crippen molar-refractivity contribution in [3.63, 3.8) is 0 Å². The van der Waals surface area contributed by atoms with Gasteiger partial charge in [0.2, 0.25) is 6.20 Å². The summed E-state index contributed by atoms with van der Waals surface area (Å²) in [5.41, 5.74) is 5.67. The van der Waals surface area contributed by atoms with Crippen LogP contribution in [0, 0.1) is 0 Å². The van der Waals surface area contributed by atoms with Crippen LogP contribution >= 0.6 is 38.8 Å². The summed E-state index contributed by atoms with van der Waals surface area (Å²) in [4.78, 5) is 0. The van der Waals surface area contributed by atoms with Gasteiger partial charge in [0.1, 0.15) is 5.52 Å². The quantitative estimate of drug-likeness (QED) is 0.198. The topological polar surface area (TPSA) is 79.4 Å². The van der Waals surface area contributed by atoms with Crippen LogP contribution in [-0.4, -0.2) is 5.10 Å². The van der Waals surface area contributed by atoms with Gasteiger partial charge in [-0.3, -0.25) is 0 Å². The number of benzene rings is 3. The van der Waals surface area contributed by atoms with E-state index in [1.165, 1.54) is 16.5 Å². The Balaban J connectivity index is 0.000000123. The third kappa shape index (κ3) is 8.57. The van der Waals surface area contributed by atoms with Crippen LogP contribution in [0.4, 0.5) is 11.4 Å². The average molecular weight is 598 g/mol. The second kappa shape index (κ2) is 12.4. The second-order valence-electron chi connectivity index (χ2n) is 6.36. The van der Waals surface area contributed by atoms with Crippen molar-refractivity contribution in [1.29, 1.82) is 0 Å². The van der Waals surface area contributed by atoms with Gasteiger partial charge in [-0.25, -0.2) is 0 Å². The fourth-order valence-corrected chi connectivity index (χ4v) is 2.79. The van der Waals surface area contributed by atoms with Crippen LogP contribution in [0.15, 0.2) is 99.5 Å². The van der Waals surface area contributed by atoms with E-state index in [9.17, 15) is 0 Å². The van der Waals surface area contributed by atoms with Crippen LogP contribution in [0.25, 0.3) is 10.9 Å². The molecule has 6 rings (SSSR count). The number of hydrogen-bond donors (Lipinski definition) is 1. The third-order valence-electron chi connectivity index (χ3n) is 4.22. The molecular weight excluding hydrogens is 579 g/mol. The molecule has 0 radical (unpaired) electrons. The predicted molar refractivity (Wildman–Crippen MR) is 128 cm³/mol. The first kappa shape index (κ1) is 24.7. The molecule has 0 fully saturated rings. The molecule has 0 atom stereocenters. The van der Waals surface area contributed by atoms with Gasteiger partial charge in [0.25, 0.3) is 0 Å². The van der Waals surface area contributed by atoms with Crippen LogP contribution in [0.1, 0.15) is 11.1 Å². The summed E-state index contributed by atoms with van der Waals surface area (Å²) >= 11 is 0. The maximum absolute atomic E-state index is 5.00. The molecule has 4 aromatic rings. The zero-order valence-corrected chi connectivity index (χ0v) is 21.3. The van der Waals surface area contributed by atoms with Gasteiger partial charge in [-0.2, -0.15) is 25.6 Å². The van der Waals surface area contributed by atoms with E-state index in [4.69, 9.17) is 38.8 Å². The number of fused-ring (bicyclic) bond motifs is 3. The number of H-pyrrole nitrogens is 2. The molecule has 1 aromatic heterocycles. The number of halogens is 4. The van der Waals surface area contributed by atoms with E-state index in [2.05, 4.69) is 48.9 Å². The molecule has 3 aromatic carbocycles. The number of hydrogen-bond acceptors (Lipinski definition) is 4. The van der Waals surface area contributed by atoms with E-state index in [1.807, 2.05) is 60.8 Å². The molecule has 0 aliphatic carbocycles. The molecule has 2 aliphatic rings. The Morgan fingerprint density at radius 3 is 1.66 bits per heavy atom. The second-order valence-corrected chi connectivity index (χ2v) is 22.2. The van der Waals surface area contributed by atoms with Gasteiger partial charge in [-0.05, 0) is 24.3 Å². The Hall–Kier alpha value is -1.89. The molecule has 0 amide bonds. The number of rotatable bonds is 0. The van der Waals surface area contributed by atoms with Crippen LogP contribution in [0.2, 0.25) is 0 Å². The Bertz CT molecular complexity index is 1110. The van der Waals surface area contributed by atoms with E-state index in [0.29, 0.717) is 0 Å². The van der Waals surface area contributed by atoms with Crippen molar-refractivity contribution >= 4 is 61.0 Å². The van der Waals surface area contributed by atoms with Gasteiger partial charge in [-0.15, -0.1) is 5.10 Å². The summed E-state index contributed by atoms with van der Waals surface area (Å²) in [7, 11) is 17.0. The summed E-state index contributed by atoms with van der Waals surface area (Å²) in [5.74, 6) is 0. The Kier molecular flexibility index (Phi) is 9.57. The molecule has 11 heteroatoms. The summed E-state index contributed by atoms with van der Waals surface area (Å²) in [6.07, 6.45) is 1.94. The number of azo groups is 2. The minimum Gasteiger partial charge on any atom is -0.184 e. The number of nitrogens with zero attached hydrogens (tertiary/aromatic N) is 4. The molecule has 0 spiro atoms. The first-order valence-electron chi connectivity index (χ1n) is 9.28. The fraction of sp³-hybridized carbons (Fsp3) is 0.0952. The number of nitrogens with one attached hydrogen (secondary N) is 2. The maximum Gasteiger partial charge on any atom is 0.200 e. The monoisotopic (exact) mass is 597 g/mol. The van der Waals surface area contributed by atoms with Crippen molar-refractivity contribution in [1.82, 2.24) is 5.10 Å². The van der Waals surface area contributed by atoms with E-state index in [1.54, 1.807) is 0 Å². The van der Waals surface area contributed by atoms with Crippen molar-refractivity contribution in [2.45, 2.75) is 13.1 Å². The van der Waals surface area contributed by atoms with E-state index < -0.39 is 10.8 Å². The molecule has 2 aliphatic heterocycles. The summed E-state index contributed by atoms with van der Waals surface area (Å²) in [6.45, 7) is 1.52. The molecule has 0 bridgehead atoms. The minimum atomic E-state index is -2.97. The number of aromatic amines is 2. The SMILES string of the molecule is [Cl][Ru-]([Cl])([Cl])[Cl].c1ccc2[nH][nH+]cc2c1.c1ccc2c(c1)CN=N2.c1ccc2c(c1)CN=N2. The zero-order valence-electron chi connectivity index (χ0n) is 16.6. The third-order valence-corrected chi connectivity index (χ3v) is 4.22. The molecule has 169 valence electrons. The molecular formula is C21H19Cl4N6Ru. The molecule has 2 N–H and O–H groups in total. The van der Waals surface area contributed by atoms with Gasteiger partial charge in [0.05, 0.1) is 29.9 Å². The molecule has 0 saturated heterocycles. The minimum absolute atomic E-state index is 0.760. The first-order valence-corrected chi connectivity index (χ1v) is 18.2. The molecule has 0 unspecified atom stereocenters. The smallest absolute Gasteiger partial charge is 0.184 e. The normalized spacial score (nSPS) is 13.0. The molecule has 32 heavy (non-hydrogen) atoms. The van der Waals surface area contributed by atoms with E-state index in [0.717, 1.165) is 30.0 Å². The predicted octanol–water partition coefficient (Wildman–Crippen LogP) is 8.31. The molecule has 3 heterocycles. The van der Waals surface area contributed by atoms with Crippen molar-refractivity contribution in [3.8, 4) is 0 Å². The van der Waals surface area contributed by atoms with E-state index >= 15 is 0 Å². The van der Waals surface area contributed by atoms with Gasteiger partial charge in [0, 0.05) is 11.1 Å². The summed E-state index contributed by atoms with van der Waals surface area (Å²) in [5, 5.41) is 22.7. The van der Waals surface area contributed by atoms with Gasteiger partial charge in [0.15, 0.2) is 0 Å². The average Bonchev–Trinajstić information content (AvgIpc) is 3.53. The van der Waals surface area contributed by atoms with Crippen molar-refractivity contribution in [3.05, 3.63) is 90.1 Å². The van der Waals surface area contributed by atoms with Crippen LogP contribution in [0.3, 0.4) is 0 Å². The van der Waals surface area contributed by atoms with E-state index in [-0.39, 0.29) is 0 Å². The maximum atomic E-state index is 5.00. The zero-order chi connectivity index (χ0) is 22.8. The molecule has 0 saturated carbocycles. The Morgan fingerprint density at radius 1 is 0.688 bits per heavy atom. The Morgan fingerprint density at radius 2 is 1.16 bits per heavy atom. The van der Waals surface area contributed by atoms with Gasteiger partial charge in [-0.1, -0.05) is 48.5 Å². The van der Waals surface area contributed by atoms with Crippen LogP contribution in [0.5, 0.6) is 0 Å². The van der Waals surface area contributed by atoms with Crippen LogP contribution < -0.4 is 5.10 Å². The van der Waals surface area contributed by atoms with Crippen LogP contribution in [-0.2, 0) is 23.9 Å². The van der Waals surface area contributed by atoms with Crippen molar-refractivity contribution in [2.24, 2.45) is 20.5 Å².